The highest BCUT2D eigenvalue weighted by molar-refractivity contribution is 7.41. The van der Waals surface area contributed by atoms with E-state index in [-0.39, 0.29) is 19.2 Å². The van der Waals surface area contributed by atoms with Gasteiger partial charge in [0.05, 0.1) is 24.6 Å². The number of ether oxygens (including phenoxy) is 1. The van der Waals surface area contributed by atoms with Gasteiger partial charge in [-0.05, 0) is 45.0 Å². The molecule has 1 aliphatic heterocycles. The van der Waals surface area contributed by atoms with Crippen LogP contribution < -0.4 is 10.1 Å². The Kier molecular flexibility index (Phi) is 8.97. The molecule has 0 fully saturated rings. The van der Waals surface area contributed by atoms with Crippen LogP contribution in [-0.4, -0.2) is 44.5 Å². The zero-order valence-electron chi connectivity index (χ0n) is 22.8. The van der Waals surface area contributed by atoms with Crippen LogP contribution in [-0.2, 0) is 40.2 Å². The van der Waals surface area contributed by atoms with Crippen LogP contribution in [0.15, 0.2) is 36.7 Å². The second-order valence-corrected chi connectivity index (χ2v) is 10.5. The third-order valence-electron chi connectivity index (χ3n) is 6.28. The van der Waals surface area contributed by atoms with Gasteiger partial charge in [-0.2, -0.15) is 10.2 Å². The van der Waals surface area contributed by atoms with Gasteiger partial charge in [0, 0.05) is 60.2 Å². The number of benzene rings is 1. The number of aromatic nitrogens is 5. The fourth-order valence-corrected chi connectivity index (χ4v) is 5.69. The van der Waals surface area contributed by atoms with E-state index in [9.17, 15) is 4.39 Å². The molecule has 0 spiro atoms. The molecule has 0 amide bonds. The van der Waals surface area contributed by atoms with Gasteiger partial charge in [0.15, 0.2) is 16.7 Å². The zero-order chi connectivity index (χ0) is 28.2. The molecule has 212 valence electrons. The first-order valence-electron chi connectivity index (χ1n) is 13.0. The predicted molar refractivity (Wildman–Crippen MR) is 152 cm³/mol. The number of rotatable bonds is 9. The van der Waals surface area contributed by atoms with Crippen molar-refractivity contribution in [3.05, 3.63) is 64.3 Å². The number of aryl methyl sites for hydroxylation is 2. The zero-order valence-corrected chi connectivity index (χ0v) is 24.4. The summed E-state index contributed by atoms with van der Waals surface area (Å²) in [6, 6.07) is 6.52. The average molecular weight is 589 g/mol. The normalized spacial score (nSPS) is 12.7. The highest BCUT2D eigenvalue weighted by Gasteiger charge is 2.24. The monoisotopic (exact) mass is 588 g/mol. The van der Waals surface area contributed by atoms with E-state index >= 15 is 0 Å². The van der Waals surface area contributed by atoms with Gasteiger partial charge < -0.3 is 19.1 Å². The first kappa shape index (κ1) is 28.4. The molecule has 3 aromatic heterocycles. The van der Waals surface area contributed by atoms with Gasteiger partial charge in [-0.25, -0.2) is 9.37 Å². The van der Waals surface area contributed by atoms with Crippen LogP contribution >= 0.6 is 20.2 Å². The topological polar surface area (TPSA) is 97.5 Å². The Morgan fingerprint density at radius 3 is 2.65 bits per heavy atom. The highest BCUT2D eigenvalue weighted by Crippen LogP contribution is 2.40. The summed E-state index contributed by atoms with van der Waals surface area (Å²) >= 11 is 6.71. The Hall–Kier alpha value is -3.08. The summed E-state index contributed by atoms with van der Waals surface area (Å²) in [6.07, 6.45) is 4.18. The maximum atomic E-state index is 14.4. The van der Waals surface area contributed by atoms with Crippen LogP contribution in [0.4, 0.5) is 10.2 Å². The second-order valence-electron chi connectivity index (χ2n) is 8.96. The summed E-state index contributed by atoms with van der Waals surface area (Å²) < 4.78 is 41.1. The largest absolute Gasteiger partial charge is 0.485 e. The molecule has 4 aromatic rings. The molecule has 10 nitrogen and oxygen atoms in total. The van der Waals surface area contributed by atoms with Gasteiger partial charge >= 0.3 is 8.60 Å². The lowest BCUT2D eigenvalue weighted by atomic mass is 9.97. The van der Waals surface area contributed by atoms with Crippen molar-refractivity contribution in [2.45, 2.75) is 40.3 Å². The fraction of sp³-hybridized carbons (Fsp3) is 0.370. The number of nitrogens with zero attached hydrogens (tertiary/aromatic N) is 5. The predicted octanol–water partition coefficient (Wildman–Crippen LogP) is 6.33. The summed E-state index contributed by atoms with van der Waals surface area (Å²) in [5, 5.41) is 12.9. The molecular formula is C27H31ClFN6O4P. The van der Waals surface area contributed by atoms with E-state index in [0.29, 0.717) is 48.5 Å². The molecule has 40 heavy (non-hydrogen) atoms. The minimum absolute atomic E-state index is 0.0842. The lowest BCUT2D eigenvalue weighted by Crippen LogP contribution is -2.10. The van der Waals surface area contributed by atoms with E-state index in [2.05, 4.69) is 15.4 Å². The Morgan fingerprint density at radius 1 is 1.10 bits per heavy atom. The smallest absolute Gasteiger partial charge is 0.334 e. The summed E-state index contributed by atoms with van der Waals surface area (Å²) in [7, 11) is 0.365. The van der Waals surface area contributed by atoms with E-state index in [0.717, 1.165) is 33.6 Å². The quantitative estimate of drug-likeness (QED) is 0.179. The average Bonchev–Trinajstić information content (AvgIpc) is 3.46. The van der Waals surface area contributed by atoms with Gasteiger partial charge in [-0.1, -0.05) is 11.6 Å². The van der Waals surface area contributed by atoms with E-state index in [1.54, 1.807) is 16.9 Å². The molecule has 1 aromatic carbocycles. The van der Waals surface area contributed by atoms with Crippen molar-refractivity contribution >= 4 is 26.0 Å². The number of pyridine rings is 1. The first-order valence-corrected chi connectivity index (χ1v) is 14.5. The molecule has 0 unspecified atom stereocenters. The molecule has 5 rings (SSSR count). The van der Waals surface area contributed by atoms with E-state index in [1.165, 1.54) is 12.1 Å². The number of anilines is 1. The van der Waals surface area contributed by atoms with Crippen LogP contribution in [0, 0.1) is 5.82 Å². The number of halogens is 2. The molecule has 0 saturated carbocycles. The van der Waals surface area contributed by atoms with Crippen LogP contribution in [0.2, 0.25) is 5.15 Å². The minimum atomic E-state index is -1.49. The van der Waals surface area contributed by atoms with E-state index in [1.807, 2.05) is 44.8 Å². The molecular weight excluding hydrogens is 558 g/mol. The summed E-state index contributed by atoms with van der Waals surface area (Å²) in [5.74, 6) is 0.553. The highest BCUT2D eigenvalue weighted by atomic mass is 35.5. The van der Waals surface area contributed by atoms with Gasteiger partial charge in [-0.3, -0.25) is 13.9 Å². The summed E-state index contributed by atoms with van der Waals surface area (Å²) in [4.78, 5) is 4.66. The molecule has 0 radical (unpaired) electrons. The van der Waals surface area contributed by atoms with E-state index < -0.39 is 8.60 Å². The third-order valence-corrected chi connectivity index (χ3v) is 7.86. The molecule has 2 bridgehead atoms. The maximum Gasteiger partial charge on any atom is 0.334 e. The molecule has 1 aliphatic rings. The van der Waals surface area contributed by atoms with Crippen molar-refractivity contribution < 1.29 is 22.7 Å². The third kappa shape index (κ3) is 5.99. The van der Waals surface area contributed by atoms with Crippen molar-refractivity contribution in [2.24, 2.45) is 7.05 Å². The van der Waals surface area contributed by atoms with Gasteiger partial charge in [0.1, 0.15) is 19.2 Å². The standard InChI is InChI=1S/C27H31ClFN6O4P/c1-5-35-25-17-12-23(27(30-13-17)31-16-39-40(37-6-2)38-7-3)36-15-19-10-20(29)8-9-21(19)24-18(14-34(4)32-24)11-22(25)26(28)33-35/h8-10,12-14H,5-7,11,15-16H2,1-4H3,(H,30,31). The van der Waals surface area contributed by atoms with Crippen LogP contribution in [0.3, 0.4) is 0 Å². The van der Waals surface area contributed by atoms with Gasteiger partial charge in [0.2, 0.25) is 0 Å². The number of fused-ring (bicyclic) bond motifs is 7. The Bertz CT molecular complexity index is 1490. The maximum absolute atomic E-state index is 14.4. The van der Waals surface area contributed by atoms with E-state index in [4.69, 9.17) is 35.0 Å². The van der Waals surface area contributed by atoms with Gasteiger partial charge in [-0.15, -0.1) is 0 Å². The second kappa shape index (κ2) is 12.6. The van der Waals surface area contributed by atoms with Crippen molar-refractivity contribution in [3.8, 4) is 28.3 Å². The Balaban J connectivity index is 1.59. The molecule has 0 aliphatic carbocycles. The number of nitrogens with one attached hydrogen (secondary N) is 1. The molecule has 1 N–H and O–H groups in total. The van der Waals surface area contributed by atoms with Crippen molar-refractivity contribution in [1.29, 1.82) is 0 Å². The Morgan fingerprint density at radius 2 is 1.90 bits per heavy atom. The lowest BCUT2D eigenvalue weighted by Gasteiger charge is -2.19. The van der Waals surface area contributed by atoms with Gasteiger partial charge in [0.25, 0.3) is 0 Å². The number of hydrogen-bond donors (Lipinski definition) is 1. The SMILES string of the molecule is CCOP(OCC)OCNc1ncc2cc1OCc1cc(F)ccc1-c1nn(C)cc1Cc1c(Cl)nn(CC)c1-2. The minimum Gasteiger partial charge on any atom is -0.485 e. The molecule has 13 heteroatoms. The van der Waals surface area contributed by atoms with Crippen LogP contribution in [0.1, 0.15) is 37.5 Å². The molecule has 4 heterocycles. The van der Waals surface area contributed by atoms with Crippen molar-refractivity contribution in [2.75, 3.05) is 25.3 Å². The van der Waals surface area contributed by atoms with Crippen molar-refractivity contribution in [1.82, 2.24) is 24.5 Å². The number of hydrogen-bond acceptors (Lipinski definition) is 8. The van der Waals surface area contributed by atoms with Crippen LogP contribution in [0.25, 0.3) is 22.5 Å². The lowest BCUT2D eigenvalue weighted by molar-refractivity contribution is 0.178. The summed E-state index contributed by atoms with van der Waals surface area (Å²) in [5.41, 5.74) is 5.59. The van der Waals surface area contributed by atoms with Crippen LogP contribution in [0.5, 0.6) is 5.75 Å². The summed E-state index contributed by atoms with van der Waals surface area (Å²) in [6.45, 7) is 7.49. The van der Waals surface area contributed by atoms with Crippen molar-refractivity contribution in [3.63, 3.8) is 0 Å². The molecule has 0 saturated heterocycles. The Labute approximate surface area is 238 Å². The molecule has 0 atom stereocenters. The first-order chi connectivity index (χ1) is 19.4. The fourth-order valence-electron chi connectivity index (χ4n) is 4.62.